The average Bonchev–Trinajstić information content (AvgIpc) is 2.28. The van der Waals surface area contributed by atoms with E-state index in [0.717, 1.165) is 21.5 Å². The minimum absolute atomic E-state index is 0.287. The molecule has 0 aliphatic rings. The molecule has 0 aliphatic carbocycles. The summed E-state index contributed by atoms with van der Waals surface area (Å²) in [7, 11) is 0. The minimum atomic E-state index is 0.287. The van der Waals surface area contributed by atoms with Crippen LogP contribution in [0.2, 0.25) is 0 Å². The Bertz CT molecular complexity index is 529. The van der Waals surface area contributed by atoms with E-state index in [4.69, 9.17) is 0 Å². The lowest BCUT2D eigenvalue weighted by Gasteiger charge is -2.09. The van der Waals surface area contributed by atoms with E-state index in [9.17, 15) is 5.11 Å². The van der Waals surface area contributed by atoms with Crippen molar-refractivity contribution < 1.29 is 5.11 Å². The molecular weight excluding hydrogens is 280 g/mol. The lowest BCUT2D eigenvalue weighted by molar-refractivity contribution is 0.474. The van der Waals surface area contributed by atoms with Crippen molar-refractivity contribution in [1.82, 2.24) is 4.98 Å². The third-order valence-corrected chi connectivity index (χ3v) is 2.89. The zero-order chi connectivity index (χ0) is 12.3. The predicted molar refractivity (Wildman–Crippen MR) is 72.1 cm³/mol. The number of hydrogen-bond donors (Lipinski definition) is 2. The molecule has 0 spiro atoms. The van der Waals surface area contributed by atoms with Gasteiger partial charge in [-0.15, -0.1) is 0 Å². The molecule has 3 nitrogen and oxygen atoms in total. The second-order valence-corrected chi connectivity index (χ2v) is 4.60. The highest BCUT2D eigenvalue weighted by Crippen LogP contribution is 2.18. The summed E-state index contributed by atoms with van der Waals surface area (Å²) < 4.78 is 0.831. The van der Waals surface area contributed by atoms with E-state index in [-0.39, 0.29) is 5.75 Å². The van der Waals surface area contributed by atoms with Gasteiger partial charge in [-0.05, 0) is 52.7 Å². The van der Waals surface area contributed by atoms with E-state index in [1.54, 1.807) is 12.1 Å². The van der Waals surface area contributed by atoms with Crippen molar-refractivity contribution in [3.63, 3.8) is 0 Å². The number of nitrogens with one attached hydrogen (secondary N) is 1. The maximum Gasteiger partial charge on any atom is 0.115 e. The normalized spacial score (nSPS) is 10.2. The van der Waals surface area contributed by atoms with Gasteiger partial charge in [-0.25, -0.2) is 4.98 Å². The number of halogens is 1. The van der Waals surface area contributed by atoms with E-state index in [2.05, 4.69) is 26.2 Å². The monoisotopic (exact) mass is 292 g/mol. The fourth-order valence-electron chi connectivity index (χ4n) is 1.58. The molecule has 0 radical (unpaired) electrons. The van der Waals surface area contributed by atoms with Gasteiger partial charge in [0, 0.05) is 6.54 Å². The number of phenols is 1. The number of anilines is 1. The Morgan fingerprint density at radius 3 is 2.82 bits per heavy atom. The molecular formula is C13H13BrN2O. The number of aromatic hydroxyl groups is 1. The van der Waals surface area contributed by atoms with Gasteiger partial charge in [0.25, 0.3) is 0 Å². The van der Waals surface area contributed by atoms with Crippen LogP contribution in [0, 0.1) is 6.92 Å². The van der Waals surface area contributed by atoms with Gasteiger partial charge in [0.05, 0.1) is 11.4 Å². The van der Waals surface area contributed by atoms with Crippen molar-refractivity contribution in [2.45, 2.75) is 13.5 Å². The number of rotatable bonds is 3. The zero-order valence-electron chi connectivity index (χ0n) is 9.44. The molecule has 0 atom stereocenters. The highest BCUT2D eigenvalue weighted by atomic mass is 79.9. The number of nitrogens with zero attached hydrogens (tertiary/aromatic N) is 1. The van der Waals surface area contributed by atoms with Gasteiger partial charge in [-0.3, -0.25) is 0 Å². The Kier molecular flexibility index (Phi) is 3.64. The molecule has 1 aromatic heterocycles. The van der Waals surface area contributed by atoms with E-state index < -0.39 is 0 Å². The number of phenolic OH excluding ortho intramolecular Hbond substituents is 1. The van der Waals surface area contributed by atoms with Crippen LogP contribution in [-0.4, -0.2) is 10.1 Å². The van der Waals surface area contributed by atoms with Crippen LogP contribution in [0.4, 0.5) is 5.69 Å². The molecule has 2 rings (SSSR count). The summed E-state index contributed by atoms with van der Waals surface area (Å²) in [5.41, 5.74) is 2.98. The standard InChI is InChI=1S/C13H13BrN2O/c1-9-12(5-6-13(14)16-9)15-8-10-3-2-4-11(17)7-10/h2-7,15,17H,8H2,1H3. The summed E-state index contributed by atoms with van der Waals surface area (Å²) in [5, 5.41) is 12.6. The highest BCUT2D eigenvalue weighted by Gasteiger charge is 2.00. The lowest BCUT2D eigenvalue weighted by Crippen LogP contribution is -2.01. The molecule has 0 fully saturated rings. The van der Waals surface area contributed by atoms with E-state index >= 15 is 0 Å². The van der Waals surface area contributed by atoms with E-state index in [1.807, 2.05) is 31.2 Å². The van der Waals surface area contributed by atoms with Crippen molar-refractivity contribution in [3.05, 3.63) is 52.3 Å². The van der Waals surface area contributed by atoms with Crippen LogP contribution in [0.15, 0.2) is 41.0 Å². The van der Waals surface area contributed by atoms with Gasteiger partial charge in [0.15, 0.2) is 0 Å². The molecule has 0 saturated heterocycles. The van der Waals surface area contributed by atoms with E-state index in [0.29, 0.717) is 6.54 Å². The molecule has 0 amide bonds. The SMILES string of the molecule is Cc1nc(Br)ccc1NCc1cccc(O)c1. The fourth-order valence-corrected chi connectivity index (χ4v) is 1.98. The molecule has 2 aromatic rings. The maximum atomic E-state index is 9.35. The van der Waals surface area contributed by atoms with Crippen LogP contribution in [0.5, 0.6) is 5.75 Å². The van der Waals surface area contributed by atoms with Crippen molar-refractivity contribution in [2.75, 3.05) is 5.32 Å². The van der Waals surface area contributed by atoms with Crippen molar-refractivity contribution in [2.24, 2.45) is 0 Å². The third kappa shape index (κ3) is 3.20. The van der Waals surface area contributed by atoms with Gasteiger partial charge >= 0.3 is 0 Å². The molecule has 0 aliphatic heterocycles. The molecule has 2 N–H and O–H groups in total. The predicted octanol–water partition coefficient (Wildman–Crippen LogP) is 3.47. The fraction of sp³-hybridized carbons (Fsp3) is 0.154. The Morgan fingerprint density at radius 1 is 1.29 bits per heavy atom. The first-order chi connectivity index (χ1) is 8.15. The minimum Gasteiger partial charge on any atom is -0.508 e. The molecule has 4 heteroatoms. The summed E-state index contributed by atoms with van der Waals surface area (Å²) in [4.78, 5) is 4.31. The number of hydrogen-bond acceptors (Lipinski definition) is 3. The molecule has 0 saturated carbocycles. The van der Waals surface area contributed by atoms with Crippen LogP contribution in [-0.2, 0) is 6.54 Å². The summed E-state index contributed by atoms with van der Waals surface area (Å²) in [6.07, 6.45) is 0. The lowest BCUT2D eigenvalue weighted by atomic mass is 10.2. The van der Waals surface area contributed by atoms with E-state index in [1.165, 1.54) is 0 Å². The second kappa shape index (κ2) is 5.19. The van der Waals surface area contributed by atoms with Crippen LogP contribution in [0.25, 0.3) is 0 Å². The summed E-state index contributed by atoms with van der Waals surface area (Å²) in [6, 6.07) is 11.1. The molecule has 17 heavy (non-hydrogen) atoms. The Hall–Kier alpha value is -1.55. The summed E-state index contributed by atoms with van der Waals surface area (Å²) in [5.74, 6) is 0.287. The molecule has 88 valence electrons. The number of aryl methyl sites for hydroxylation is 1. The van der Waals surface area contributed by atoms with Gasteiger partial charge in [-0.1, -0.05) is 12.1 Å². The van der Waals surface area contributed by atoms with Crippen LogP contribution < -0.4 is 5.32 Å². The van der Waals surface area contributed by atoms with Crippen molar-refractivity contribution >= 4 is 21.6 Å². The van der Waals surface area contributed by atoms with Crippen molar-refractivity contribution in [1.29, 1.82) is 0 Å². The quantitative estimate of drug-likeness (QED) is 0.852. The van der Waals surface area contributed by atoms with Gasteiger partial charge < -0.3 is 10.4 Å². The number of pyridine rings is 1. The number of aromatic nitrogens is 1. The van der Waals surface area contributed by atoms with Crippen LogP contribution in [0.3, 0.4) is 0 Å². The van der Waals surface area contributed by atoms with Gasteiger partial charge in [0.2, 0.25) is 0 Å². The maximum absolute atomic E-state index is 9.35. The highest BCUT2D eigenvalue weighted by molar-refractivity contribution is 9.10. The second-order valence-electron chi connectivity index (χ2n) is 3.79. The van der Waals surface area contributed by atoms with Gasteiger partial charge in [0.1, 0.15) is 10.4 Å². The topological polar surface area (TPSA) is 45.2 Å². The summed E-state index contributed by atoms with van der Waals surface area (Å²) in [6.45, 7) is 2.62. The smallest absolute Gasteiger partial charge is 0.115 e. The Labute approximate surface area is 109 Å². The average molecular weight is 293 g/mol. The summed E-state index contributed by atoms with van der Waals surface area (Å²) >= 11 is 3.33. The van der Waals surface area contributed by atoms with Gasteiger partial charge in [-0.2, -0.15) is 0 Å². The van der Waals surface area contributed by atoms with Crippen LogP contribution in [0.1, 0.15) is 11.3 Å². The first-order valence-corrected chi connectivity index (χ1v) is 6.09. The first-order valence-electron chi connectivity index (χ1n) is 5.30. The first kappa shape index (κ1) is 11.9. The molecule has 1 heterocycles. The molecule has 1 aromatic carbocycles. The number of benzene rings is 1. The van der Waals surface area contributed by atoms with Crippen LogP contribution >= 0.6 is 15.9 Å². The Balaban J connectivity index is 2.07. The third-order valence-electron chi connectivity index (χ3n) is 2.45. The zero-order valence-corrected chi connectivity index (χ0v) is 11.0. The molecule has 0 unspecified atom stereocenters. The molecule has 0 bridgehead atoms. The largest absolute Gasteiger partial charge is 0.508 e. The Morgan fingerprint density at radius 2 is 2.12 bits per heavy atom. The van der Waals surface area contributed by atoms with Crippen molar-refractivity contribution in [3.8, 4) is 5.75 Å².